The number of nitriles is 1. The van der Waals surface area contributed by atoms with Crippen LogP contribution in [0.5, 0.6) is 0 Å². The lowest BCUT2D eigenvalue weighted by atomic mass is 9.92. The SMILES string of the molecule is C=C(F)C(=O)N1CCc2c(C3CC3)nc(N3CCN(C(=O)CCOC)[C@H](C4CC4)C3)c(C#N)c2C1. The van der Waals surface area contributed by atoms with Crippen LogP contribution in [-0.4, -0.2) is 72.5 Å². The van der Waals surface area contributed by atoms with Crippen molar-refractivity contribution in [3.8, 4) is 6.07 Å². The van der Waals surface area contributed by atoms with E-state index in [1.807, 2.05) is 4.90 Å². The number of pyridine rings is 1. The van der Waals surface area contributed by atoms with Gasteiger partial charge in [0.25, 0.3) is 5.91 Å². The smallest absolute Gasteiger partial charge is 0.282 e. The van der Waals surface area contributed by atoms with Gasteiger partial charge in [-0.25, -0.2) is 9.37 Å². The Morgan fingerprint density at radius 1 is 1.20 bits per heavy atom. The van der Waals surface area contributed by atoms with Crippen LogP contribution < -0.4 is 4.90 Å². The van der Waals surface area contributed by atoms with Crippen LogP contribution >= 0.6 is 0 Å². The Morgan fingerprint density at radius 2 is 1.97 bits per heavy atom. The molecule has 0 aromatic carbocycles. The van der Waals surface area contributed by atoms with Crippen molar-refractivity contribution in [3.63, 3.8) is 0 Å². The first-order valence-corrected chi connectivity index (χ1v) is 12.6. The number of nitrogens with zero attached hydrogens (tertiary/aromatic N) is 5. The predicted molar refractivity (Wildman–Crippen MR) is 127 cm³/mol. The third-order valence-electron chi connectivity index (χ3n) is 7.73. The zero-order valence-electron chi connectivity index (χ0n) is 20.3. The highest BCUT2D eigenvalue weighted by Gasteiger charge is 2.42. The van der Waals surface area contributed by atoms with Crippen LogP contribution in [0.3, 0.4) is 0 Å². The van der Waals surface area contributed by atoms with Crippen LogP contribution in [0.2, 0.25) is 0 Å². The van der Waals surface area contributed by atoms with Gasteiger partial charge in [0, 0.05) is 51.4 Å². The van der Waals surface area contributed by atoms with Crippen molar-refractivity contribution in [1.82, 2.24) is 14.8 Å². The number of hydrogen-bond acceptors (Lipinski definition) is 6. The zero-order valence-corrected chi connectivity index (χ0v) is 20.3. The molecule has 2 aliphatic heterocycles. The average Bonchev–Trinajstić information content (AvgIpc) is 3.78. The van der Waals surface area contributed by atoms with Crippen molar-refractivity contribution in [2.24, 2.45) is 5.92 Å². The van der Waals surface area contributed by atoms with Gasteiger partial charge in [-0.1, -0.05) is 6.58 Å². The summed E-state index contributed by atoms with van der Waals surface area (Å²) in [6, 6.07) is 2.45. The fourth-order valence-corrected chi connectivity index (χ4v) is 5.56. The summed E-state index contributed by atoms with van der Waals surface area (Å²) in [5, 5.41) is 10.2. The fourth-order valence-electron chi connectivity index (χ4n) is 5.56. The molecular formula is C26H32FN5O3. The van der Waals surface area contributed by atoms with Crippen LogP contribution in [0.4, 0.5) is 10.2 Å². The second-order valence-electron chi connectivity index (χ2n) is 10.1. The topological polar surface area (TPSA) is 89.8 Å². The normalized spacial score (nSPS) is 22.0. The predicted octanol–water partition coefficient (Wildman–Crippen LogP) is 2.66. The van der Waals surface area contributed by atoms with Crippen LogP contribution in [0, 0.1) is 17.2 Å². The molecule has 2 saturated carbocycles. The third-order valence-corrected chi connectivity index (χ3v) is 7.73. The van der Waals surface area contributed by atoms with Gasteiger partial charge in [0.1, 0.15) is 11.9 Å². The van der Waals surface area contributed by atoms with E-state index in [-0.39, 0.29) is 18.5 Å². The molecule has 35 heavy (non-hydrogen) atoms. The first-order valence-electron chi connectivity index (χ1n) is 12.6. The van der Waals surface area contributed by atoms with Gasteiger partial charge in [-0.2, -0.15) is 5.26 Å². The summed E-state index contributed by atoms with van der Waals surface area (Å²) >= 11 is 0. The molecule has 0 bridgehead atoms. The Hall–Kier alpha value is -2.99. The van der Waals surface area contributed by atoms with E-state index in [9.17, 15) is 19.2 Å². The minimum absolute atomic E-state index is 0.0924. The van der Waals surface area contributed by atoms with Gasteiger partial charge in [-0.3, -0.25) is 9.59 Å². The van der Waals surface area contributed by atoms with Crippen LogP contribution in [0.15, 0.2) is 12.4 Å². The second kappa shape index (κ2) is 9.57. The van der Waals surface area contributed by atoms with E-state index in [1.54, 1.807) is 7.11 Å². The maximum absolute atomic E-state index is 13.6. The van der Waals surface area contributed by atoms with Crippen molar-refractivity contribution in [2.75, 3.05) is 44.8 Å². The lowest BCUT2D eigenvalue weighted by Crippen LogP contribution is -2.56. The van der Waals surface area contributed by atoms with E-state index in [2.05, 4.69) is 17.5 Å². The zero-order chi connectivity index (χ0) is 24.7. The largest absolute Gasteiger partial charge is 0.384 e. The van der Waals surface area contributed by atoms with Gasteiger partial charge in [-0.05, 0) is 49.1 Å². The average molecular weight is 482 g/mol. The molecule has 8 nitrogen and oxygen atoms in total. The summed E-state index contributed by atoms with van der Waals surface area (Å²) in [5.41, 5.74) is 3.34. The van der Waals surface area contributed by atoms with Crippen LogP contribution in [0.25, 0.3) is 0 Å². The summed E-state index contributed by atoms with van der Waals surface area (Å²) < 4.78 is 18.7. The molecule has 1 atom stereocenters. The first kappa shape index (κ1) is 23.7. The Morgan fingerprint density at radius 3 is 2.60 bits per heavy atom. The van der Waals surface area contributed by atoms with E-state index in [4.69, 9.17) is 9.72 Å². The summed E-state index contributed by atoms with van der Waals surface area (Å²) in [4.78, 5) is 35.8. The maximum atomic E-state index is 13.6. The molecule has 3 heterocycles. The van der Waals surface area contributed by atoms with E-state index in [1.165, 1.54) is 4.90 Å². The summed E-state index contributed by atoms with van der Waals surface area (Å²) in [6.07, 6.45) is 5.28. The third kappa shape index (κ3) is 4.64. The standard InChI is InChI=1S/C26H32FN5O3/c1-16(27)26(34)31-9-7-19-21(14-31)20(13-28)25(29-24(19)18-5-6-18)30-10-11-32(23(33)8-12-35-2)22(15-30)17-3-4-17/h17-18,22H,1,3-12,14-15H2,2H3/t22-/m0/s1. The number of rotatable bonds is 7. The molecule has 2 amide bonds. The molecule has 9 heteroatoms. The Balaban J connectivity index is 1.47. The number of piperazine rings is 1. The number of methoxy groups -OCH3 is 1. The van der Waals surface area contributed by atoms with Gasteiger partial charge in [0.15, 0.2) is 5.83 Å². The van der Waals surface area contributed by atoms with Gasteiger partial charge in [-0.15, -0.1) is 0 Å². The Kier molecular flexibility index (Phi) is 6.49. The van der Waals surface area contributed by atoms with Gasteiger partial charge < -0.3 is 19.4 Å². The molecule has 2 aliphatic carbocycles. The van der Waals surface area contributed by atoms with Gasteiger partial charge in [0.05, 0.1) is 24.6 Å². The number of hydrogen-bond donors (Lipinski definition) is 0. The van der Waals surface area contributed by atoms with Crippen molar-refractivity contribution in [3.05, 3.63) is 34.8 Å². The molecule has 1 aromatic rings. The van der Waals surface area contributed by atoms with E-state index in [0.717, 1.165) is 42.5 Å². The number of ether oxygens (including phenoxy) is 1. The maximum Gasteiger partial charge on any atom is 0.282 e. The minimum Gasteiger partial charge on any atom is -0.384 e. The summed E-state index contributed by atoms with van der Waals surface area (Å²) in [7, 11) is 1.60. The molecule has 0 radical (unpaired) electrons. The van der Waals surface area contributed by atoms with Crippen molar-refractivity contribution >= 4 is 17.6 Å². The van der Waals surface area contributed by atoms with E-state index >= 15 is 0 Å². The number of aromatic nitrogens is 1. The molecular weight excluding hydrogens is 449 g/mol. The summed E-state index contributed by atoms with van der Waals surface area (Å²) in [6.45, 7) is 5.97. The molecule has 5 rings (SSSR count). The number of amides is 2. The lowest BCUT2D eigenvalue weighted by Gasteiger charge is -2.43. The fraction of sp³-hybridized carbons (Fsp3) is 0.615. The van der Waals surface area contributed by atoms with Crippen LogP contribution in [-0.2, 0) is 27.3 Å². The molecule has 0 N–H and O–H groups in total. The monoisotopic (exact) mass is 481 g/mol. The molecule has 1 aromatic heterocycles. The van der Waals surface area contributed by atoms with Crippen LogP contribution in [0.1, 0.15) is 60.4 Å². The van der Waals surface area contributed by atoms with Crippen molar-refractivity contribution in [1.29, 1.82) is 5.26 Å². The molecule has 3 fully saturated rings. The quantitative estimate of drug-likeness (QED) is 0.557. The number of halogens is 1. The lowest BCUT2D eigenvalue weighted by molar-refractivity contribution is -0.135. The molecule has 0 unspecified atom stereocenters. The summed E-state index contributed by atoms with van der Waals surface area (Å²) in [5.74, 6) is -0.0883. The molecule has 4 aliphatic rings. The number of carbonyl (C=O) groups excluding carboxylic acids is 2. The van der Waals surface area contributed by atoms with Crippen molar-refractivity contribution < 1.29 is 18.7 Å². The van der Waals surface area contributed by atoms with E-state index < -0.39 is 11.7 Å². The number of fused-ring (bicyclic) bond motifs is 1. The molecule has 1 saturated heterocycles. The van der Waals surface area contributed by atoms with Crippen molar-refractivity contribution in [2.45, 2.75) is 57.0 Å². The Bertz CT molecular complexity index is 1090. The Labute approximate surface area is 205 Å². The second-order valence-corrected chi connectivity index (χ2v) is 10.1. The number of anilines is 1. The van der Waals surface area contributed by atoms with Gasteiger partial charge in [0.2, 0.25) is 5.91 Å². The highest BCUT2D eigenvalue weighted by molar-refractivity contribution is 5.90. The molecule has 0 spiro atoms. The highest BCUT2D eigenvalue weighted by atomic mass is 19.1. The highest BCUT2D eigenvalue weighted by Crippen LogP contribution is 2.45. The first-order chi connectivity index (χ1) is 16.9. The van der Waals surface area contributed by atoms with E-state index in [0.29, 0.717) is 68.8 Å². The molecule has 186 valence electrons. The number of carbonyl (C=O) groups is 2. The minimum atomic E-state index is -0.981. The van der Waals surface area contributed by atoms with Gasteiger partial charge >= 0.3 is 0 Å².